The van der Waals surface area contributed by atoms with E-state index in [1.165, 1.54) is 0 Å². The lowest BCUT2D eigenvalue weighted by molar-refractivity contribution is -0.139. The molecule has 4 heterocycles. The first kappa shape index (κ1) is 16.8. The summed E-state index contributed by atoms with van der Waals surface area (Å²) < 4.78 is 5.33. The average molecular weight is 353 g/mol. The molecule has 0 aliphatic carbocycles. The summed E-state index contributed by atoms with van der Waals surface area (Å²) in [7, 11) is 0. The first-order valence-corrected chi connectivity index (χ1v) is 9.23. The predicted molar refractivity (Wildman–Crippen MR) is 94.8 cm³/mol. The number of carbonyl (C=O) groups excluding carboxylic acids is 2. The first-order valence-electron chi connectivity index (χ1n) is 9.23. The fourth-order valence-corrected chi connectivity index (χ4v) is 4.03. The van der Waals surface area contributed by atoms with Crippen LogP contribution in [0.3, 0.4) is 0 Å². The Morgan fingerprint density at radius 3 is 2.96 bits per heavy atom. The van der Waals surface area contributed by atoms with Crippen molar-refractivity contribution in [3.63, 3.8) is 0 Å². The van der Waals surface area contributed by atoms with E-state index in [4.69, 9.17) is 4.42 Å². The molecule has 6 nitrogen and oxygen atoms in total. The van der Waals surface area contributed by atoms with Crippen molar-refractivity contribution in [3.8, 4) is 0 Å². The fraction of sp³-hybridized carbons (Fsp3) is 0.450. The molecular weight excluding hydrogens is 330 g/mol. The normalized spacial score (nSPS) is 23.5. The number of piperidine rings is 1. The van der Waals surface area contributed by atoms with Gasteiger partial charge in [0.25, 0.3) is 0 Å². The van der Waals surface area contributed by atoms with Crippen molar-refractivity contribution in [2.24, 2.45) is 5.92 Å². The van der Waals surface area contributed by atoms with E-state index in [0.717, 1.165) is 37.1 Å². The zero-order valence-electron chi connectivity index (χ0n) is 14.7. The second kappa shape index (κ2) is 7.32. The van der Waals surface area contributed by atoms with Gasteiger partial charge >= 0.3 is 0 Å². The number of aromatic nitrogens is 1. The standard InChI is InChI=1S/C20H23N3O3/c24-19-11-16(13-22(19)14-17-6-4-10-26-17)20(25)23-9-2-1-7-18(23)15-5-3-8-21-12-15/h3-6,8,10,12,16,18H,1-2,7,9,11,13-14H2/t16?,18-/m1/s1. The zero-order chi connectivity index (χ0) is 17.9. The summed E-state index contributed by atoms with van der Waals surface area (Å²) in [4.78, 5) is 33.4. The third-order valence-electron chi connectivity index (χ3n) is 5.35. The van der Waals surface area contributed by atoms with E-state index in [2.05, 4.69) is 4.98 Å². The summed E-state index contributed by atoms with van der Waals surface area (Å²) in [5.41, 5.74) is 1.08. The molecule has 136 valence electrons. The van der Waals surface area contributed by atoms with Gasteiger partial charge in [-0.1, -0.05) is 6.07 Å². The maximum Gasteiger partial charge on any atom is 0.228 e. The van der Waals surface area contributed by atoms with Crippen LogP contribution in [-0.2, 0) is 16.1 Å². The number of hydrogen-bond acceptors (Lipinski definition) is 4. The van der Waals surface area contributed by atoms with E-state index in [9.17, 15) is 9.59 Å². The summed E-state index contributed by atoms with van der Waals surface area (Å²) in [5.74, 6) is 0.593. The van der Waals surface area contributed by atoms with Crippen LogP contribution in [0.25, 0.3) is 0 Å². The molecule has 1 unspecified atom stereocenters. The van der Waals surface area contributed by atoms with Crippen molar-refractivity contribution in [3.05, 3.63) is 54.2 Å². The molecule has 2 saturated heterocycles. The summed E-state index contributed by atoms with van der Waals surface area (Å²) in [6, 6.07) is 7.68. The van der Waals surface area contributed by atoms with Crippen LogP contribution in [0.15, 0.2) is 47.3 Å². The molecule has 0 bridgehead atoms. The molecule has 0 spiro atoms. The molecule has 2 aromatic rings. The van der Waals surface area contributed by atoms with Crippen LogP contribution >= 0.6 is 0 Å². The van der Waals surface area contributed by atoms with Crippen LogP contribution in [0.4, 0.5) is 0 Å². The maximum absolute atomic E-state index is 13.2. The highest BCUT2D eigenvalue weighted by molar-refractivity contribution is 5.89. The van der Waals surface area contributed by atoms with Crippen molar-refractivity contribution < 1.29 is 14.0 Å². The second-order valence-corrected chi connectivity index (χ2v) is 7.08. The van der Waals surface area contributed by atoms with Crippen molar-refractivity contribution in [2.75, 3.05) is 13.1 Å². The maximum atomic E-state index is 13.2. The minimum atomic E-state index is -0.269. The molecule has 2 fully saturated rings. The molecule has 2 aliphatic heterocycles. The molecule has 0 radical (unpaired) electrons. The monoisotopic (exact) mass is 353 g/mol. The van der Waals surface area contributed by atoms with E-state index in [1.54, 1.807) is 17.4 Å². The van der Waals surface area contributed by atoms with Gasteiger partial charge in [-0.2, -0.15) is 0 Å². The Hall–Kier alpha value is -2.63. The number of hydrogen-bond donors (Lipinski definition) is 0. The van der Waals surface area contributed by atoms with E-state index in [0.29, 0.717) is 13.1 Å². The van der Waals surface area contributed by atoms with Crippen molar-refractivity contribution in [2.45, 2.75) is 38.3 Å². The molecule has 26 heavy (non-hydrogen) atoms. The van der Waals surface area contributed by atoms with Crippen LogP contribution in [0.2, 0.25) is 0 Å². The number of nitrogens with zero attached hydrogens (tertiary/aromatic N) is 3. The Kier molecular flexibility index (Phi) is 4.73. The SMILES string of the molecule is O=C1CC(C(=O)N2CCCC[C@@H]2c2cccnc2)CN1Cc1ccco1. The number of furan rings is 1. The van der Waals surface area contributed by atoms with E-state index < -0.39 is 0 Å². The van der Waals surface area contributed by atoms with Crippen LogP contribution in [0, 0.1) is 5.92 Å². The highest BCUT2D eigenvalue weighted by atomic mass is 16.3. The topological polar surface area (TPSA) is 66.7 Å². The quantitative estimate of drug-likeness (QED) is 0.848. The molecule has 4 rings (SSSR count). The summed E-state index contributed by atoms with van der Waals surface area (Å²) in [6.07, 6.45) is 8.56. The molecule has 2 atom stereocenters. The van der Waals surface area contributed by atoms with Gasteiger partial charge in [0.1, 0.15) is 5.76 Å². The summed E-state index contributed by atoms with van der Waals surface area (Å²) >= 11 is 0. The molecule has 2 amide bonds. The molecule has 6 heteroatoms. The largest absolute Gasteiger partial charge is 0.467 e. The Balaban J connectivity index is 1.46. The van der Waals surface area contributed by atoms with Gasteiger partial charge in [0.2, 0.25) is 11.8 Å². The first-order chi connectivity index (χ1) is 12.7. The highest BCUT2D eigenvalue weighted by Gasteiger charge is 2.39. The Morgan fingerprint density at radius 2 is 2.19 bits per heavy atom. The Bertz CT molecular complexity index is 760. The van der Waals surface area contributed by atoms with Gasteiger partial charge in [0.05, 0.1) is 24.8 Å². The Morgan fingerprint density at radius 1 is 1.27 bits per heavy atom. The van der Waals surface area contributed by atoms with Gasteiger partial charge in [-0.3, -0.25) is 14.6 Å². The van der Waals surface area contributed by atoms with Gasteiger partial charge in [-0.05, 0) is 43.0 Å². The zero-order valence-corrected chi connectivity index (χ0v) is 14.7. The average Bonchev–Trinajstić information content (AvgIpc) is 3.32. The highest BCUT2D eigenvalue weighted by Crippen LogP contribution is 2.33. The molecule has 2 aliphatic rings. The number of carbonyl (C=O) groups is 2. The van der Waals surface area contributed by atoms with Gasteiger partial charge < -0.3 is 14.2 Å². The van der Waals surface area contributed by atoms with Crippen LogP contribution in [0.1, 0.15) is 43.0 Å². The minimum absolute atomic E-state index is 0.0229. The molecule has 0 aromatic carbocycles. The van der Waals surface area contributed by atoms with Crippen molar-refractivity contribution in [1.82, 2.24) is 14.8 Å². The molecule has 0 N–H and O–H groups in total. The van der Waals surface area contributed by atoms with E-state index >= 15 is 0 Å². The second-order valence-electron chi connectivity index (χ2n) is 7.08. The lowest BCUT2D eigenvalue weighted by atomic mass is 9.94. The van der Waals surface area contributed by atoms with E-state index in [-0.39, 0.29) is 30.2 Å². The molecule has 0 saturated carbocycles. The van der Waals surface area contributed by atoms with Crippen LogP contribution in [-0.4, -0.2) is 39.7 Å². The summed E-state index contributed by atoms with van der Waals surface area (Å²) in [6.45, 7) is 1.65. The Labute approximate surface area is 152 Å². The van der Waals surface area contributed by atoms with Crippen LogP contribution < -0.4 is 0 Å². The van der Waals surface area contributed by atoms with Gasteiger partial charge in [0.15, 0.2) is 0 Å². The third kappa shape index (κ3) is 3.36. The lowest BCUT2D eigenvalue weighted by Crippen LogP contribution is -2.42. The lowest BCUT2D eigenvalue weighted by Gasteiger charge is -2.37. The van der Waals surface area contributed by atoms with Gasteiger partial charge in [-0.15, -0.1) is 0 Å². The predicted octanol–water partition coefficient (Wildman–Crippen LogP) is 2.78. The van der Waals surface area contributed by atoms with Gasteiger partial charge in [0, 0.05) is 31.9 Å². The smallest absolute Gasteiger partial charge is 0.228 e. The third-order valence-corrected chi connectivity index (χ3v) is 5.35. The number of amides is 2. The number of rotatable bonds is 4. The van der Waals surface area contributed by atoms with Gasteiger partial charge in [-0.25, -0.2) is 0 Å². The fourth-order valence-electron chi connectivity index (χ4n) is 4.03. The minimum Gasteiger partial charge on any atom is -0.467 e. The molecular formula is C20H23N3O3. The van der Waals surface area contributed by atoms with E-state index in [1.807, 2.05) is 35.4 Å². The van der Waals surface area contributed by atoms with Crippen LogP contribution in [0.5, 0.6) is 0 Å². The number of likely N-dealkylation sites (tertiary alicyclic amines) is 2. The molecule has 2 aromatic heterocycles. The van der Waals surface area contributed by atoms with Crippen molar-refractivity contribution in [1.29, 1.82) is 0 Å². The van der Waals surface area contributed by atoms with Crippen molar-refractivity contribution >= 4 is 11.8 Å². The summed E-state index contributed by atoms with van der Waals surface area (Å²) in [5, 5.41) is 0. The number of pyridine rings is 1.